The van der Waals surface area contributed by atoms with E-state index in [0.717, 1.165) is 22.3 Å². The molecule has 0 aliphatic rings. The second-order valence-electron chi connectivity index (χ2n) is 12.4. The normalized spacial score (nSPS) is 11.8. The lowest BCUT2D eigenvalue weighted by Gasteiger charge is -2.11. The Morgan fingerprint density at radius 2 is 0.667 bits per heavy atom. The van der Waals surface area contributed by atoms with Crippen LogP contribution >= 0.6 is 0 Å². The first kappa shape index (κ1) is 26.7. The maximum atomic E-state index is 4.71. The Hall–Kier alpha value is -6.52. The minimum absolute atomic E-state index is 0.498. The van der Waals surface area contributed by atoms with Crippen LogP contribution in [0.5, 0.6) is 0 Å². The maximum absolute atomic E-state index is 4.71. The van der Waals surface area contributed by atoms with Crippen LogP contribution in [0.1, 0.15) is 0 Å². The van der Waals surface area contributed by atoms with Crippen molar-refractivity contribution in [1.82, 2.24) is 19.9 Å². The molecule has 2 heterocycles. The number of aromatic nitrogens is 4. The molecule has 10 rings (SSSR count). The van der Waals surface area contributed by atoms with E-state index in [9.17, 15) is 0 Å². The Morgan fingerprint density at radius 1 is 0.271 bits per heavy atom. The molecule has 0 aliphatic heterocycles. The molecule has 8 aromatic carbocycles. The van der Waals surface area contributed by atoms with Gasteiger partial charge in [0.1, 0.15) is 0 Å². The number of fused-ring (bicyclic) bond motifs is 8. The first-order valence-electron chi connectivity index (χ1n) is 16.1. The molecule has 0 saturated carbocycles. The van der Waals surface area contributed by atoms with E-state index in [1.165, 1.54) is 64.6 Å². The van der Waals surface area contributed by atoms with Crippen LogP contribution in [0, 0.1) is 0 Å². The van der Waals surface area contributed by atoms with Gasteiger partial charge in [0, 0.05) is 35.9 Å². The molecule has 0 atom stereocenters. The highest BCUT2D eigenvalue weighted by Gasteiger charge is 2.13. The fourth-order valence-corrected chi connectivity index (χ4v) is 7.23. The largest absolute Gasteiger partial charge is 0.233 e. The highest BCUT2D eigenvalue weighted by atomic mass is 15.0. The van der Waals surface area contributed by atoms with Crippen LogP contribution in [-0.2, 0) is 0 Å². The smallest absolute Gasteiger partial charge is 0.197 e. The van der Waals surface area contributed by atoms with Crippen molar-refractivity contribution in [3.63, 3.8) is 0 Å². The maximum Gasteiger partial charge on any atom is 0.197 e. The van der Waals surface area contributed by atoms with Crippen LogP contribution in [0.15, 0.2) is 158 Å². The van der Waals surface area contributed by atoms with E-state index in [4.69, 9.17) is 19.9 Å². The summed E-state index contributed by atoms with van der Waals surface area (Å²) in [6.07, 6.45) is 7.49. The van der Waals surface area contributed by atoms with E-state index in [2.05, 4.69) is 133 Å². The predicted octanol–water partition coefficient (Wildman–Crippen LogP) is 11.2. The first-order valence-corrected chi connectivity index (χ1v) is 16.1. The third-order valence-corrected chi connectivity index (χ3v) is 9.61. The van der Waals surface area contributed by atoms with Crippen LogP contribution in [0.2, 0.25) is 0 Å². The standard InChI is InChI=1S/C44H26N4/c1-3-9-29-21-41-31(19-27(29)7-1)15-17-39-35(11-5-13-37(39)41)33-23-45-43(46-24-33)44-47-25-34(26-48-44)36-12-6-14-38-40(36)18-16-32-20-28-8-2-4-10-30(28)22-42(32)38/h1-26H. The molecule has 48 heavy (non-hydrogen) atoms. The number of hydrogen-bond donors (Lipinski definition) is 0. The topological polar surface area (TPSA) is 51.6 Å². The van der Waals surface area contributed by atoms with E-state index < -0.39 is 0 Å². The van der Waals surface area contributed by atoms with Crippen LogP contribution in [0.25, 0.3) is 98.5 Å². The summed E-state index contributed by atoms with van der Waals surface area (Å²) in [5.74, 6) is 0.997. The average Bonchev–Trinajstić information content (AvgIpc) is 3.16. The molecule has 0 saturated heterocycles. The molecule has 4 heteroatoms. The number of rotatable bonds is 3. The molecule has 0 spiro atoms. The lowest BCUT2D eigenvalue weighted by Crippen LogP contribution is -1.96. The van der Waals surface area contributed by atoms with Gasteiger partial charge in [-0.25, -0.2) is 19.9 Å². The summed E-state index contributed by atoms with van der Waals surface area (Å²) in [4.78, 5) is 18.8. The molecule has 0 radical (unpaired) electrons. The summed E-state index contributed by atoms with van der Waals surface area (Å²) in [5, 5.41) is 14.7. The van der Waals surface area contributed by atoms with Gasteiger partial charge in [0.25, 0.3) is 0 Å². The van der Waals surface area contributed by atoms with Gasteiger partial charge in [0.2, 0.25) is 0 Å². The van der Waals surface area contributed by atoms with Gasteiger partial charge in [-0.3, -0.25) is 0 Å². The zero-order valence-corrected chi connectivity index (χ0v) is 25.8. The summed E-state index contributed by atoms with van der Waals surface area (Å²) in [6, 6.07) is 47.8. The highest BCUT2D eigenvalue weighted by molar-refractivity contribution is 6.16. The van der Waals surface area contributed by atoms with Gasteiger partial charge in [0.05, 0.1) is 0 Å². The van der Waals surface area contributed by atoms with Gasteiger partial charge >= 0.3 is 0 Å². The van der Waals surface area contributed by atoms with E-state index in [1.54, 1.807) is 0 Å². The van der Waals surface area contributed by atoms with Crippen molar-refractivity contribution in [2.24, 2.45) is 0 Å². The number of hydrogen-bond acceptors (Lipinski definition) is 4. The van der Waals surface area contributed by atoms with Gasteiger partial charge < -0.3 is 0 Å². The zero-order chi connectivity index (χ0) is 31.6. The van der Waals surface area contributed by atoms with E-state index in [1.807, 2.05) is 24.8 Å². The zero-order valence-electron chi connectivity index (χ0n) is 25.8. The minimum Gasteiger partial charge on any atom is -0.233 e. The van der Waals surface area contributed by atoms with E-state index in [0.29, 0.717) is 11.6 Å². The molecule has 0 aliphatic carbocycles. The lowest BCUT2D eigenvalue weighted by molar-refractivity contribution is 1.08. The SMILES string of the molecule is c1ccc2cc3c(ccc4c(-c5cnc(-c6ncc(-c7cccc8c7ccc7cc9ccccc9cc78)cn6)nc5)cccc43)cc2c1. The molecule has 222 valence electrons. The fourth-order valence-electron chi connectivity index (χ4n) is 7.23. The molecule has 0 unspecified atom stereocenters. The lowest BCUT2D eigenvalue weighted by atomic mass is 9.94. The Labute approximate surface area is 276 Å². The van der Waals surface area contributed by atoms with Crippen LogP contribution in [-0.4, -0.2) is 19.9 Å². The molecule has 0 fully saturated rings. The summed E-state index contributed by atoms with van der Waals surface area (Å²) >= 11 is 0. The van der Waals surface area contributed by atoms with Crippen LogP contribution in [0.4, 0.5) is 0 Å². The van der Waals surface area contributed by atoms with E-state index >= 15 is 0 Å². The van der Waals surface area contributed by atoms with Crippen molar-refractivity contribution < 1.29 is 0 Å². The third kappa shape index (κ3) is 4.24. The molecule has 4 nitrogen and oxygen atoms in total. The Morgan fingerprint density at radius 3 is 1.08 bits per heavy atom. The van der Waals surface area contributed by atoms with Gasteiger partial charge in [-0.15, -0.1) is 0 Å². The Kier molecular flexibility index (Phi) is 5.84. The predicted molar refractivity (Wildman–Crippen MR) is 199 cm³/mol. The molecule has 0 amide bonds. The second kappa shape index (κ2) is 10.5. The van der Waals surface area contributed by atoms with Crippen molar-refractivity contribution in [3.05, 3.63) is 158 Å². The molecule has 10 aromatic rings. The summed E-state index contributed by atoms with van der Waals surface area (Å²) in [5.41, 5.74) is 4.11. The van der Waals surface area contributed by atoms with Crippen molar-refractivity contribution in [3.8, 4) is 33.9 Å². The summed E-state index contributed by atoms with van der Waals surface area (Å²) < 4.78 is 0. The van der Waals surface area contributed by atoms with Crippen molar-refractivity contribution in [2.75, 3.05) is 0 Å². The summed E-state index contributed by atoms with van der Waals surface area (Å²) in [7, 11) is 0. The number of nitrogens with zero attached hydrogens (tertiary/aromatic N) is 4. The molecular formula is C44H26N4. The van der Waals surface area contributed by atoms with Gasteiger partial charge in [-0.1, -0.05) is 109 Å². The Bertz CT molecular complexity index is 2680. The third-order valence-electron chi connectivity index (χ3n) is 9.61. The van der Waals surface area contributed by atoms with Gasteiger partial charge in [-0.05, 0) is 100 Å². The highest BCUT2D eigenvalue weighted by Crippen LogP contribution is 2.36. The minimum atomic E-state index is 0.498. The van der Waals surface area contributed by atoms with Gasteiger partial charge in [0.15, 0.2) is 11.6 Å². The second-order valence-corrected chi connectivity index (χ2v) is 12.4. The molecular weight excluding hydrogens is 585 g/mol. The van der Waals surface area contributed by atoms with Gasteiger partial charge in [-0.2, -0.15) is 0 Å². The fraction of sp³-hybridized carbons (Fsp3) is 0. The first-order chi connectivity index (χ1) is 23.8. The Balaban J connectivity index is 0.992. The average molecular weight is 611 g/mol. The molecule has 0 bridgehead atoms. The quantitative estimate of drug-likeness (QED) is 0.147. The van der Waals surface area contributed by atoms with Crippen molar-refractivity contribution in [2.45, 2.75) is 0 Å². The molecule has 0 N–H and O–H groups in total. The number of benzene rings is 8. The van der Waals surface area contributed by atoms with E-state index in [-0.39, 0.29) is 0 Å². The summed E-state index contributed by atoms with van der Waals surface area (Å²) in [6.45, 7) is 0. The van der Waals surface area contributed by atoms with Crippen molar-refractivity contribution in [1.29, 1.82) is 0 Å². The van der Waals surface area contributed by atoms with Crippen LogP contribution in [0.3, 0.4) is 0 Å². The monoisotopic (exact) mass is 610 g/mol. The molecule has 2 aromatic heterocycles. The van der Waals surface area contributed by atoms with Crippen molar-refractivity contribution >= 4 is 64.6 Å². The van der Waals surface area contributed by atoms with Crippen LogP contribution < -0.4 is 0 Å².